The Morgan fingerprint density at radius 1 is 1.58 bits per heavy atom. The van der Waals surface area contributed by atoms with E-state index in [9.17, 15) is 4.79 Å². The molecule has 0 N–H and O–H groups in total. The Balaban J connectivity index is 2.19. The first-order valence-electron chi connectivity index (χ1n) is 5.99. The first kappa shape index (κ1) is 14.3. The topological polar surface area (TPSA) is 38.1 Å². The molecule has 0 atom stereocenters. The van der Waals surface area contributed by atoms with Crippen LogP contribution in [0.5, 0.6) is 0 Å². The molecule has 2 heterocycles. The summed E-state index contributed by atoms with van der Waals surface area (Å²) in [6, 6.07) is 2.11. The second-order valence-electron chi connectivity index (χ2n) is 4.69. The maximum Gasteiger partial charge on any atom is 0.270 e. The van der Waals surface area contributed by atoms with Crippen molar-refractivity contribution in [3.8, 4) is 0 Å². The van der Waals surface area contributed by atoms with Crippen LogP contribution >= 0.6 is 27.3 Å². The highest BCUT2D eigenvalue weighted by molar-refractivity contribution is 9.10. The van der Waals surface area contributed by atoms with Crippen LogP contribution in [0.25, 0.3) is 0 Å². The normalized spacial score (nSPS) is 11.0. The van der Waals surface area contributed by atoms with E-state index in [0.29, 0.717) is 12.2 Å². The first-order chi connectivity index (χ1) is 8.99. The van der Waals surface area contributed by atoms with E-state index in [1.54, 1.807) is 17.5 Å². The van der Waals surface area contributed by atoms with Gasteiger partial charge in [0.15, 0.2) is 0 Å². The zero-order chi connectivity index (χ0) is 14.0. The predicted molar refractivity (Wildman–Crippen MR) is 80.4 cm³/mol. The Morgan fingerprint density at radius 2 is 2.32 bits per heavy atom. The molecule has 0 aliphatic carbocycles. The monoisotopic (exact) mass is 341 g/mol. The van der Waals surface area contributed by atoms with Gasteiger partial charge in [0, 0.05) is 29.1 Å². The van der Waals surface area contributed by atoms with E-state index in [-0.39, 0.29) is 11.9 Å². The van der Waals surface area contributed by atoms with E-state index >= 15 is 0 Å². The minimum atomic E-state index is 0.00685. The number of rotatable bonds is 4. The third-order valence-electron chi connectivity index (χ3n) is 2.82. The average molecular weight is 342 g/mol. The molecule has 1 amide bonds. The number of hydrogen-bond acceptors (Lipinski definition) is 3. The van der Waals surface area contributed by atoms with E-state index in [0.717, 1.165) is 10.2 Å². The molecule has 102 valence electrons. The average Bonchev–Trinajstić information content (AvgIpc) is 2.97. The van der Waals surface area contributed by atoms with Gasteiger partial charge in [-0.25, -0.2) is 4.98 Å². The van der Waals surface area contributed by atoms with Crippen LogP contribution in [0.4, 0.5) is 0 Å². The summed E-state index contributed by atoms with van der Waals surface area (Å²) in [5.74, 6) is 0.00685. The molecule has 4 nitrogen and oxygen atoms in total. The van der Waals surface area contributed by atoms with Gasteiger partial charge in [-0.05, 0) is 35.8 Å². The van der Waals surface area contributed by atoms with Crippen molar-refractivity contribution in [2.75, 3.05) is 7.05 Å². The highest BCUT2D eigenvalue weighted by atomic mass is 79.9. The molecule has 2 rings (SSSR count). The summed E-state index contributed by atoms with van der Waals surface area (Å²) in [7, 11) is 1.80. The summed E-state index contributed by atoms with van der Waals surface area (Å²) in [5.41, 5.74) is 3.39. The Hall–Kier alpha value is -1.14. The molecule has 0 bridgehead atoms. The lowest BCUT2D eigenvalue weighted by Crippen LogP contribution is -2.28. The van der Waals surface area contributed by atoms with Crippen molar-refractivity contribution in [1.29, 1.82) is 0 Å². The Labute approximate surface area is 125 Å². The Bertz CT molecular complexity index is 562. The molecular weight excluding hydrogens is 326 g/mol. The smallest absolute Gasteiger partial charge is 0.270 e. The minimum absolute atomic E-state index is 0.00685. The van der Waals surface area contributed by atoms with Gasteiger partial charge in [-0.3, -0.25) is 4.79 Å². The van der Waals surface area contributed by atoms with Crippen molar-refractivity contribution in [3.05, 3.63) is 39.0 Å². The van der Waals surface area contributed by atoms with Gasteiger partial charge < -0.3 is 9.47 Å². The van der Waals surface area contributed by atoms with Crippen molar-refractivity contribution in [2.24, 2.45) is 0 Å². The van der Waals surface area contributed by atoms with Gasteiger partial charge in [0.1, 0.15) is 5.69 Å². The summed E-state index contributed by atoms with van der Waals surface area (Å²) < 4.78 is 2.90. The van der Waals surface area contributed by atoms with Gasteiger partial charge in [0.2, 0.25) is 0 Å². The standard InChI is InChI=1S/C13H16BrN3OS/c1-9(2)17-5-10(14)4-12(17)13(18)16(3)6-11-7-19-8-15-11/h4-5,7-9H,6H2,1-3H3. The molecule has 6 heteroatoms. The van der Waals surface area contributed by atoms with Crippen molar-refractivity contribution in [1.82, 2.24) is 14.5 Å². The maximum atomic E-state index is 12.5. The molecule has 2 aromatic heterocycles. The zero-order valence-corrected chi connectivity index (χ0v) is 13.5. The summed E-state index contributed by atoms with van der Waals surface area (Å²) in [4.78, 5) is 18.4. The zero-order valence-electron chi connectivity index (χ0n) is 11.1. The van der Waals surface area contributed by atoms with Crippen LogP contribution in [0.2, 0.25) is 0 Å². The van der Waals surface area contributed by atoms with E-state index in [2.05, 4.69) is 34.8 Å². The lowest BCUT2D eigenvalue weighted by molar-refractivity contribution is 0.0771. The van der Waals surface area contributed by atoms with Gasteiger partial charge in [-0.15, -0.1) is 11.3 Å². The first-order valence-corrected chi connectivity index (χ1v) is 7.72. The number of carbonyl (C=O) groups is 1. The molecule has 0 aromatic carbocycles. The van der Waals surface area contributed by atoms with Crippen LogP contribution in [0.1, 0.15) is 36.1 Å². The molecule has 0 saturated heterocycles. The van der Waals surface area contributed by atoms with Crippen molar-refractivity contribution >= 4 is 33.2 Å². The highest BCUT2D eigenvalue weighted by Crippen LogP contribution is 2.21. The summed E-state index contributed by atoms with van der Waals surface area (Å²) >= 11 is 4.97. The van der Waals surface area contributed by atoms with E-state index in [1.807, 2.05) is 22.2 Å². The Morgan fingerprint density at radius 3 is 2.89 bits per heavy atom. The fraction of sp³-hybridized carbons (Fsp3) is 0.385. The quantitative estimate of drug-likeness (QED) is 0.852. The van der Waals surface area contributed by atoms with Crippen LogP contribution < -0.4 is 0 Å². The van der Waals surface area contributed by atoms with E-state index in [1.165, 1.54) is 11.3 Å². The number of aromatic nitrogens is 2. The highest BCUT2D eigenvalue weighted by Gasteiger charge is 2.19. The van der Waals surface area contributed by atoms with Gasteiger partial charge in [0.05, 0.1) is 17.7 Å². The van der Waals surface area contributed by atoms with Gasteiger partial charge in [-0.2, -0.15) is 0 Å². The van der Waals surface area contributed by atoms with Crippen LogP contribution in [0.3, 0.4) is 0 Å². The summed E-state index contributed by atoms with van der Waals surface area (Å²) in [6.45, 7) is 4.65. The van der Waals surface area contributed by atoms with Crippen molar-refractivity contribution in [2.45, 2.75) is 26.4 Å². The van der Waals surface area contributed by atoms with Gasteiger partial charge in [-0.1, -0.05) is 0 Å². The molecule has 19 heavy (non-hydrogen) atoms. The number of carbonyl (C=O) groups excluding carboxylic acids is 1. The van der Waals surface area contributed by atoms with Crippen LogP contribution in [0, 0.1) is 0 Å². The number of nitrogens with zero attached hydrogens (tertiary/aromatic N) is 3. The molecule has 0 spiro atoms. The molecule has 0 fully saturated rings. The maximum absolute atomic E-state index is 12.5. The molecule has 0 radical (unpaired) electrons. The second kappa shape index (κ2) is 5.88. The molecule has 0 aliphatic heterocycles. The molecule has 0 saturated carbocycles. The van der Waals surface area contributed by atoms with Gasteiger partial charge >= 0.3 is 0 Å². The SMILES string of the molecule is CC(C)n1cc(Br)cc1C(=O)N(C)Cc1cscn1. The molecule has 0 aliphatic rings. The van der Waals surface area contributed by atoms with Crippen LogP contribution in [-0.4, -0.2) is 27.4 Å². The van der Waals surface area contributed by atoms with Gasteiger partial charge in [0.25, 0.3) is 5.91 Å². The molecule has 0 unspecified atom stereocenters. The third kappa shape index (κ3) is 3.25. The largest absolute Gasteiger partial charge is 0.340 e. The number of thiazole rings is 1. The summed E-state index contributed by atoms with van der Waals surface area (Å²) in [5, 5.41) is 1.96. The number of halogens is 1. The third-order valence-corrected chi connectivity index (χ3v) is 3.89. The second-order valence-corrected chi connectivity index (χ2v) is 6.32. The minimum Gasteiger partial charge on any atom is -0.340 e. The number of hydrogen-bond donors (Lipinski definition) is 0. The number of amides is 1. The fourth-order valence-corrected chi connectivity index (χ4v) is 2.86. The van der Waals surface area contributed by atoms with Crippen LogP contribution in [-0.2, 0) is 6.54 Å². The predicted octanol–water partition coefficient (Wildman–Crippen LogP) is 3.56. The molecular formula is C13H16BrN3OS. The molecule has 2 aromatic rings. The van der Waals surface area contributed by atoms with Crippen molar-refractivity contribution < 1.29 is 4.79 Å². The summed E-state index contributed by atoms with van der Waals surface area (Å²) in [6.07, 6.45) is 1.94. The lowest BCUT2D eigenvalue weighted by atomic mass is 10.3. The van der Waals surface area contributed by atoms with Crippen LogP contribution in [0.15, 0.2) is 27.6 Å². The fourth-order valence-electron chi connectivity index (χ4n) is 1.87. The van der Waals surface area contributed by atoms with E-state index < -0.39 is 0 Å². The Kier molecular flexibility index (Phi) is 4.42. The lowest BCUT2D eigenvalue weighted by Gasteiger charge is -2.19. The van der Waals surface area contributed by atoms with Crippen molar-refractivity contribution in [3.63, 3.8) is 0 Å². The van der Waals surface area contributed by atoms with E-state index in [4.69, 9.17) is 0 Å².